The summed E-state index contributed by atoms with van der Waals surface area (Å²) in [6, 6.07) is 13.9. The van der Waals surface area contributed by atoms with Crippen molar-refractivity contribution in [3.05, 3.63) is 59.1 Å². The summed E-state index contributed by atoms with van der Waals surface area (Å²) >= 11 is 6.13. The minimum absolute atomic E-state index is 0.0504. The number of amides is 1. The van der Waals surface area contributed by atoms with Gasteiger partial charge in [-0.25, -0.2) is 0 Å². The van der Waals surface area contributed by atoms with Crippen LogP contribution in [-0.2, 0) is 11.3 Å². The molecule has 0 radical (unpaired) electrons. The Hall–Kier alpha value is -3.06. The van der Waals surface area contributed by atoms with Crippen molar-refractivity contribution < 1.29 is 9.59 Å². The van der Waals surface area contributed by atoms with Gasteiger partial charge in [-0.1, -0.05) is 44.5 Å². The first-order chi connectivity index (χ1) is 13.2. The van der Waals surface area contributed by atoms with Crippen LogP contribution in [0.25, 0.3) is 11.4 Å². The van der Waals surface area contributed by atoms with Crippen LogP contribution in [0.15, 0.2) is 48.5 Å². The second-order valence-corrected chi connectivity index (χ2v) is 7.74. The van der Waals surface area contributed by atoms with Gasteiger partial charge in [-0.05, 0) is 41.6 Å². The highest BCUT2D eigenvalue weighted by atomic mass is 35.5. The first-order valence-electron chi connectivity index (χ1n) is 8.71. The van der Waals surface area contributed by atoms with Crippen LogP contribution in [0.2, 0.25) is 5.02 Å². The van der Waals surface area contributed by atoms with Gasteiger partial charge in [-0.3, -0.25) is 9.59 Å². The minimum Gasteiger partial charge on any atom is -0.326 e. The van der Waals surface area contributed by atoms with E-state index < -0.39 is 5.41 Å². The summed E-state index contributed by atoms with van der Waals surface area (Å²) in [4.78, 5) is 25.7. The molecule has 3 aromatic rings. The molecule has 0 saturated carbocycles. The third-order valence-electron chi connectivity index (χ3n) is 4.00. The predicted octanol–water partition coefficient (Wildman–Crippen LogP) is 3.86. The molecule has 0 atom stereocenters. The normalized spacial score (nSPS) is 11.3. The van der Waals surface area contributed by atoms with Crippen LogP contribution in [0, 0.1) is 5.41 Å². The van der Waals surface area contributed by atoms with E-state index in [0.29, 0.717) is 27.7 Å². The van der Waals surface area contributed by atoms with Gasteiger partial charge in [0, 0.05) is 22.2 Å². The summed E-state index contributed by atoms with van der Waals surface area (Å²) < 4.78 is 0. The van der Waals surface area contributed by atoms with Gasteiger partial charge in [0.15, 0.2) is 5.78 Å². The molecule has 0 unspecified atom stereocenters. The van der Waals surface area contributed by atoms with Crippen molar-refractivity contribution in [2.24, 2.45) is 5.41 Å². The summed E-state index contributed by atoms with van der Waals surface area (Å²) in [6.07, 6.45) is 0. The number of tetrazole rings is 1. The number of nitrogens with one attached hydrogen (secondary N) is 1. The molecule has 2 aromatic carbocycles. The molecule has 0 aliphatic rings. The molecule has 0 spiro atoms. The highest BCUT2D eigenvalue weighted by molar-refractivity contribution is 6.33. The van der Waals surface area contributed by atoms with Crippen LogP contribution < -0.4 is 5.32 Å². The number of carbonyl (C=O) groups excluding carboxylic acids is 2. The Morgan fingerprint density at radius 2 is 1.75 bits per heavy atom. The van der Waals surface area contributed by atoms with Crippen LogP contribution in [0.5, 0.6) is 0 Å². The topological polar surface area (TPSA) is 89.8 Å². The second-order valence-electron chi connectivity index (χ2n) is 7.33. The van der Waals surface area contributed by atoms with Gasteiger partial charge in [-0.2, -0.15) is 4.80 Å². The summed E-state index contributed by atoms with van der Waals surface area (Å²) in [5, 5.41) is 15.4. The molecule has 0 bridgehead atoms. The Balaban J connectivity index is 1.67. The summed E-state index contributed by atoms with van der Waals surface area (Å²) in [6.45, 7) is 5.46. The van der Waals surface area contributed by atoms with E-state index in [-0.39, 0.29) is 18.2 Å². The molecule has 1 N–H and O–H groups in total. The van der Waals surface area contributed by atoms with Gasteiger partial charge >= 0.3 is 0 Å². The van der Waals surface area contributed by atoms with Crippen LogP contribution in [-0.4, -0.2) is 31.9 Å². The van der Waals surface area contributed by atoms with Gasteiger partial charge in [-0.15, -0.1) is 10.2 Å². The number of nitrogens with zero attached hydrogens (tertiary/aromatic N) is 4. The smallest absolute Gasteiger partial charge is 0.229 e. The molecule has 0 fully saturated rings. The molecule has 1 aromatic heterocycles. The van der Waals surface area contributed by atoms with Gasteiger partial charge in [0.2, 0.25) is 11.7 Å². The maximum absolute atomic E-state index is 12.5. The van der Waals surface area contributed by atoms with Crippen LogP contribution in [0.4, 0.5) is 5.69 Å². The molecule has 144 valence electrons. The number of benzene rings is 2. The van der Waals surface area contributed by atoms with Crippen LogP contribution in [0.1, 0.15) is 31.1 Å². The lowest BCUT2D eigenvalue weighted by molar-refractivity contribution is -0.123. The van der Waals surface area contributed by atoms with Crippen molar-refractivity contribution in [1.29, 1.82) is 0 Å². The molecule has 1 heterocycles. The Morgan fingerprint density at radius 1 is 1.07 bits per heavy atom. The number of anilines is 1. The number of Topliss-reactive ketones (excluding diaryl/α,β-unsaturated/α-hetero) is 1. The fourth-order valence-corrected chi connectivity index (χ4v) is 2.56. The molecule has 0 aliphatic heterocycles. The number of ketones is 1. The number of hydrogen-bond acceptors (Lipinski definition) is 5. The van der Waals surface area contributed by atoms with Crippen molar-refractivity contribution in [3.63, 3.8) is 0 Å². The third-order valence-corrected chi connectivity index (χ3v) is 4.33. The standard InChI is InChI=1S/C20H20ClN5O2/c1-20(2,3)19(28)22-14-10-8-13(9-11-14)17(27)12-26-24-18(23-25-26)15-6-4-5-7-16(15)21/h4-11H,12H2,1-3H3,(H,22,28). The summed E-state index contributed by atoms with van der Waals surface area (Å²) in [5.74, 6) is 0.0981. The predicted molar refractivity (Wildman–Crippen MR) is 107 cm³/mol. The number of carbonyl (C=O) groups is 2. The van der Waals surface area contributed by atoms with E-state index in [1.54, 1.807) is 36.4 Å². The average Bonchev–Trinajstić information content (AvgIpc) is 3.10. The molecular formula is C20H20ClN5O2. The largest absolute Gasteiger partial charge is 0.326 e. The Morgan fingerprint density at radius 3 is 2.39 bits per heavy atom. The quantitative estimate of drug-likeness (QED) is 0.660. The number of aromatic nitrogens is 4. The van der Waals surface area contributed by atoms with E-state index in [1.165, 1.54) is 4.80 Å². The lowest BCUT2D eigenvalue weighted by Gasteiger charge is -2.17. The van der Waals surface area contributed by atoms with Gasteiger partial charge < -0.3 is 5.32 Å². The summed E-state index contributed by atoms with van der Waals surface area (Å²) in [7, 11) is 0. The molecule has 28 heavy (non-hydrogen) atoms. The lowest BCUT2D eigenvalue weighted by Crippen LogP contribution is -2.27. The zero-order valence-electron chi connectivity index (χ0n) is 15.8. The molecule has 7 nitrogen and oxygen atoms in total. The van der Waals surface area contributed by atoms with Crippen LogP contribution in [0.3, 0.4) is 0 Å². The van der Waals surface area contributed by atoms with Gasteiger partial charge in [0.05, 0.1) is 5.02 Å². The number of halogens is 1. The molecule has 3 rings (SSSR count). The van der Waals surface area contributed by atoms with Crippen molar-refractivity contribution in [2.45, 2.75) is 27.3 Å². The van der Waals surface area contributed by atoms with E-state index in [1.807, 2.05) is 32.9 Å². The summed E-state index contributed by atoms with van der Waals surface area (Å²) in [5.41, 5.74) is 1.29. The number of rotatable bonds is 5. The third kappa shape index (κ3) is 4.61. The van der Waals surface area contributed by atoms with E-state index in [4.69, 9.17) is 11.6 Å². The highest BCUT2D eigenvalue weighted by Gasteiger charge is 2.21. The SMILES string of the molecule is CC(C)(C)C(=O)Nc1ccc(C(=O)Cn2nnc(-c3ccccc3Cl)n2)cc1. The monoisotopic (exact) mass is 397 g/mol. The second kappa shape index (κ2) is 7.90. The first kappa shape index (κ1) is 19.7. The van der Waals surface area contributed by atoms with Crippen molar-refractivity contribution >= 4 is 29.0 Å². The van der Waals surface area contributed by atoms with Crippen molar-refractivity contribution in [2.75, 3.05) is 5.32 Å². The fraction of sp³-hybridized carbons (Fsp3) is 0.250. The van der Waals surface area contributed by atoms with Crippen molar-refractivity contribution in [3.8, 4) is 11.4 Å². The molecule has 1 amide bonds. The highest BCUT2D eigenvalue weighted by Crippen LogP contribution is 2.23. The lowest BCUT2D eigenvalue weighted by atomic mass is 9.95. The molecule has 8 heteroatoms. The van der Waals surface area contributed by atoms with E-state index in [0.717, 1.165) is 0 Å². The van der Waals surface area contributed by atoms with Gasteiger partial charge in [0.25, 0.3) is 0 Å². The maximum atomic E-state index is 12.5. The minimum atomic E-state index is -0.493. The van der Waals surface area contributed by atoms with Gasteiger partial charge in [0.1, 0.15) is 6.54 Å². The Kier molecular flexibility index (Phi) is 5.56. The maximum Gasteiger partial charge on any atom is 0.229 e. The Bertz CT molecular complexity index is 1010. The van der Waals surface area contributed by atoms with E-state index in [2.05, 4.69) is 20.7 Å². The Labute approximate surface area is 167 Å². The fourth-order valence-electron chi connectivity index (χ4n) is 2.34. The zero-order chi connectivity index (χ0) is 20.3. The molecule has 0 saturated heterocycles. The van der Waals surface area contributed by atoms with E-state index in [9.17, 15) is 9.59 Å². The molecule has 0 aliphatic carbocycles. The van der Waals surface area contributed by atoms with E-state index >= 15 is 0 Å². The number of hydrogen-bond donors (Lipinski definition) is 1. The van der Waals surface area contributed by atoms with Crippen molar-refractivity contribution in [1.82, 2.24) is 20.2 Å². The molecular weight excluding hydrogens is 378 g/mol. The zero-order valence-corrected chi connectivity index (χ0v) is 16.6. The van der Waals surface area contributed by atoms with Crippen LogP contribution >= 0.6 is 11.6 Å². The average molecular weight is 398 g/mol. The first-order valence-corrected chi connectivity index (χ1v) is 9.09.